The van der Waals surface area contributed by atoms with Crippen molar-refractivity contribution in [1.29, 1.82) is 0 Å². The lowest BCUT2D eigenvalue weighted by molar-refractivity contribution is -0.123. The molecule has 1 amide bonds. The molecule has 0 aliphatic rings. The summed E-state index contributed by atoms with van der Waals surface area (Å²) in [5, 5.41) is 2.86. The minimum absolute atomic E-state index is 0.0517. The van der Waals surface area contributed by atoms with Crippen LogP contribution < -0.4 is 11.1 Å². The zero-order valence-corrected chi connectivity index (χ0v) is 12.0. The second kappa shape index (κ2) is 7.26. The van der Waals surface area contributed by atoms with E-state index >= 15 is 0 Å². The maximum atomic E-state index is 11.8. The fourth-order valence-electron chi connectivity index (χ4n) is 1.84. The molecular formula is C15H24N2O2. The van der Waals surface area contributed by atoms with Crippen LogP contribution in [0, 0.1) is 0 Å². The molecular weight excluding hydrogens is 240 g/mol. The van der Waals surface area contributed by atoms with Crippen molar-refractivity contribution in [2.24, 2.45) is 5.73 Å². The van der Waals surface area contributed by atoms with Gasteiger partial charge in [0, 0.05) is 25.6 Å². The van der Waals surface area contributed by atoms with E-state index in [1.807, 2.05) is 51.1 Å². The largest absolute Gasteiger partial charge is 0.374 e. The molecule has 0 aromatic heterocycles. The molecule has 0 bridgehead atoms. The molecule has 0 saturated heterocycles. The lowest BCUT2D eigenvalue weighted by Gasteiger charge is -2.25. The number of nitrogens with one attached hydrogen (secondary N) is 1. The number of amides is 1. The van der Waals surface area contributed by atoms with Crippen LogP contribution in [0.5, 0.6) is 0 Å². The van der Waals surface area contributed by atoms with Crippen LogP contribution in [0.3, 0.4) is 0 Å². The number of hydrogen-bond donors (Lipinski definition) is 2. The van der Waals surface area contributed by atoms with E-state index in [2.05, 4.69) is 5.32 Å². The first-order valence-corrected chi connectivity index (χ1v) is 6.66. The number of rotatable bonds is 7. The van der Waals surface area contributed by atoms with Gasteiger partial charge in [-0.3, -0.25) is 4.79 Å². The molecule has 4 heteroatoms. The third-order valence-corrected chi connectivity index (χ3v) is 2.88. The fourth-order valence-corrected chi connectivity index (χ4v) is 1.84. The summed E-state index contributed by atoms with van der Waals surface area (Å²) in [6, 6.07) is 9.37. The quantitative estimate of drug-likeness (QED) is 0.791. The van der Waals surface area contributed by atoms with E-state index < -0.39 is 0 Å². The number of carbonyl (C=O) groups is 1. The van der Waals surface area contributed by atoms with E-state index in [1.54, 1.807) is 0 Å². The highest BCUT2D eigenvalue weighted by Crippen LogP contribution is 2.13. The zero-order valence-electron chi connectivity index (χ0n) is 12.0. The van der Waals surface area contributed by atoms with E-state index in [0.717, 1.165) is 5.56 Å². The van der Waals surface area contributed by atoms with Crippen molar-refractivity contribution in [3.05, 3.63) is 35.9 Å². The fraction of sp³-hybridized carbons (Fsp3) is 0.533. The molecule has 4 nitrogen and oxygen atoms in total. The highest BCUT2D eigenvalue weighted by Gasteiger charge is 2.19. The van der Waals surface area contributed by atoms with Gasteiger partial charge in [0.2, 0.25) is 5.91 Å². The number of hydrogen-bond acceptors (Lipinski definition) is 3. The molecule has 0 aliphatic carbocycles. The first-order valence-electron chi connectivity index (χ1n) is 6.66. The predicted molar refractivity (Wildman–Crippen MR) is 76.7 cm³/mol. The lowest BCUT2D eigenvalue weighted by Crippen LogP contribution is -2.41. The van der Waals surface area contributed by atoms with E-state index in [1.165, 1.54) is 0 Å². The Morgan fingerprint density at radius 3 is 2.58 bits per heavy atom. The van der Waals surface area contributed by atoms with Crippen LogP contribution in [0.15, 0.2) is 30.3 Å². The number of benzene rings is 1. The van der Waals surface area contributed by atoms with E-state index in [-0.39, 0.29) is 24.0 Å². The van der Waals surface area contributed by atoms with Crippen molar-refractivity contribution < 1.29 is 9.53 Å². The van der Waals surface area contributed by atoms with E-state index in [9.17, 15) is 4.79 Å². The van der Waals surface area contributed by atoms with Crippen LogP contribution in [0.2, 0.25) is 0 Å². The monoisotopic (exact) mass is 264 g/mol. The summed E-state index contributed by atoms with van der Waals surface area (Å²) < 4.78 is 5.52. The topological polar surface area (TPSA) is 64.3 Å². The zero-order chi connectivity index (χ0) is 14.3. The molecule has 1 aromatic carbocycles. The maximum absolute atomic E-state index is 11.8. The summed E-state index contributed by atoms with van der Waals surface area (Å²) in [5.41, 5.74) is 6.63. The summed E-state index contributed by atoms with van der Waals surface area (Å²) >= 11 is 0. The number of ether oxygens (including phenoxy) is 1. The third kappa shape index (κ3) is 5.85. The van der Waals surface area contributed by atoms with Crippen LogP contribution >= 0.6 is 0 Å². The Bertz CT molecular complexity index is 390. The van der Waals surface area contributed by atoms with Crippen LogP contribution in [0.1, 0.15) is 38.8 Å². The summed E-state index contributed by atoms with van der Waals surface area (Å²) in [5.74, 6) is -0.0517. The minimum atomic E-state index is -0.346. The Morgan fingerprint density at radius 2 is 2.00 bits per heavy atom. The van der Waals surface area contributed by atoms with Gasteiger partial charge in [0.15, 0.2) is 0 Å². The van der Waals surface area contributed by atoms with Gasteiger partial charge >= 0.3 is 0 Å². The number of nitrogens with two attached hydrogens (primary N) is 1. The summed E-state index contributed by atoms with van der Waals surface area (Å²) in [6.45, 7) is 6.96. The Kier molecular flexibility index (Phi) is 5.99. The molecule has 1 unspecified atom stereocenters. The minimum Gasteiger partial charge on any atom is -0.374 e. The Labute approximate surface area is 115 Å². The van der Waals surface area contributed by atoms with Gasteiger partial charge in [0.1, 0.15) is 0 Å². The second-order valence-corrected chi connectivity index (χ2v) is 5.19. The molecule has 0 aliphatic heterocycles. The SMILES string of the molecule is CCOC(C)(C)CNC(=O)CC(N)c1ccccc1. The van der Waals surface area contributed by atoms with Crippen LogP contribution in [0.25, 0.3) is 0 Å². The molecule has 106 valence electrons. The van der Waals surface area contributed by atoms with Gasteiger partial charge in [-0.15, -0.1) is 0 Å². The normalized spacial score (nSPS) is 13.1. The first-order chi connectivity index (χ1) is 8.94. The summed E-state index contributed by atoms with van der Waals surface area (Å²) in [7, 11) is 0. The highest BCUT2D eigenvalue weighted by molar-refractivity contribution is 5.76. The van der Waals surface area contributed by atoms with Crippen molar-refractivity contribution in [3.8, 4) is 0 Å². The van der Waals surface area contributed by atoms with Gasteiger partial charge in [0.25, 0.3) is 0 Å². The molecule has 1 rings (SSSR count). The highest BCUT2D eigenvalue weighted by atomic mass is 16.5. The Balaban J connectivity index is 2.39. The molecule has 19 heavy (non-hydrogen) atoms. The molecule has 3 N–H and O–H groups in total. The smallest absolute Gasteiger partial charge is 0.222 e. The van der Waals surface area contributed by atoms with Gasteiger partial charge in [-0.25, -0.2) is 0 Å². The van der Waals surface area contributed by atoms with Gasteiger partial charge in [-0.1, -0.05) is 30.3 Å². The molecule has 0 spiro atoms. The van der Waals surface area contributed by atoms with Crippen LogP contribution in [0.4, 0.5) is 0 Å². The average molecular weight is 264 g/mol. The van der Waals surface area contributed by atoms with Crippen molar-refractivity contribution in [2.45, 2.75) is 38.8 Å². The second-order valence-electron chi connectivity index (χ2n) is 5.19. The third-order valence-electron chi connectivity index (χ3n) is 2.88. The van der Waals surface area contributed by atoms with Gasteiger partial charge < -0.3 is 15.8 Å². The summed E-state index contributed by atoms with van der Waals surface area (Å²) in [4.78, 5) is 11.8. The van der Waals surface area contributed by atoms with Crippen LogP contribution in [-0.2, 0) is 9.53 Å². The average Bonchev–Trinajstić information content (AvgIpc) is 2.37. The molecule has 1 aromatic rings. The Hall–Kier alpha value is -1.39. The molecule has 0 saturated carbocycles. The Morgan fingerprint density at radius 1 is 1.37 bits per heavy atom. The van der Waals surface area contributed by atoms with Gasteiger partial charge in [-0.05, 0) is 26.3 Å². The van der Waals surface area contributed by atoms with E-state index in [4.69, 9.17) is 10.5 Å². The van der Waals surface area contributed by atoms with Crippen molar-refractivity contribution in [1.82, 2.24) is 5.32 Å². The number of carbonyl (C=O) groups excluding carboxylic acids is 1. The van der Waals surface area contributed by atoms with Crippen molar-refractivity contribution in [2.75, 3.05) is 13.2 Å². The molecule has 0 fully saturated rings. The van der Waals surface area contributed by atoms with Gasteiger partial charge in [0.05, 0.1) is 5.60 Å². The van der Waals surface area contributed by atoms with Gasteiger partial charge in [-0.2, -0.15) is 0 Å². The molecule has 0 radical (unpaired) electrons. The molecule has 1 atom stereocenters. The molecule has 0 heterocycles. The standard InChI is InChI=1S/C15H24N2O2/c1-4-19-15(2,3)11-17-14(18)10-13(16)12-8-6-5-7-9-12/h5-9,13H,4,10-11,16H2,1-3H3,(H,17,18). The first kappa shape index (κ1) is 15.7. The van der Waals surface area contributed by atoms with Crippen molar-refractivity contribution in [3.63, 3.8) is 0 Å². The maximum Gasteiger partial charge on any atom is 0.222 e. The predicted octanol–water partition coefficient (Wildman–Crippen LogP) is 2.01. The van der Waals surface area contributed by atoms with Crippen molar-refractivity contribution >= 4 is 5.91 Å². The van der Waals surface area contributed by atoms with Crippen LogP contribution in [-0.4, -0.2) is 24.7 Å². The summed E-state index contributed by atoms with van der Waals surface area (Å²) in [6.07, 6.45) is 0.284. The lowest BCUT2D eigenvalue weighted by atomic mass is 10.0. The van der Waals surface area contributed by atoms with E-state index in [0.29, 0.717) is 13.2 Å².